The predicted molar refractivity (Wildman–Crippen MR) is 152 cm³/mol. The largest absolute Gasteiger partial charge is 0.495 e. The molecule has 1 aromatic carbocycles. The van der Waals surface area contributed by atoms with Crippen molar-refractivity contribution in [2.24, 2.45) is 0 Å². The molecule has 0 N–H and O–H groups in total. The molecule has 0 spiro atoms. The minimum absolute atomic E-state index is 0.100. The summed E-state index contributed by atoms with van der Waals surface area (Å²) in [6.45, 7) is 4.45. The van der Waals surface area contributed by atoms with Gasteiger partial charge in [-0.15, -0.1) is 0 Å². The number of hydrogen-bond donors (Lipinski definition) is 0. The van der Waals surface area contributed by atoms with Crippen molar-refractivity contribution in [2.75, 3.05) is 53.3 Å². The fraction of sp³-hybridized carbons (Fsp3) is 0.321. The summed E-state index contributed by atoms with van der Waals surface area (Å²) in [6.07, 6.45) is 11.5. The number of methoxy groups -OCH3 is 1. The topological polar surface area (TPSA) is 59.6 Å². The van der Waals surface area contributed by atoms with Crippen molar-refractivity contribution in [1.82, 2.24) is 19.6 Å². The Hall–Kier alpha value is -3.85. The highest BCUT2D eigenvalue weighted by molar-refractivity contribution is 7.80. The monoisotopic (exact) mass is 521 g/mol. The van der Waals surface area contributed by atoms with Crippen molar-refractivity contribution < 1.29 is 14.3 Å². The Labute approximate surface area is 225 Å². The Balaban J connectivity index is 2.34. The van der Waals surface area contributed by atoms with E-state index in [1.165, 1.54) is 9.80 Å². The van der Waals surface area contributed by atoms with Crippen LogP contribution in [0.3, 0.4) is 0 Å². The number of carbonyl (C=O) groups excluding carboxylic acids is 2. The summed E-state index contributed by atoms with van der Waals surface area (Å²) >= 11 is 5.45. The average Bonchev–Trinajstić information content (AvgIpc) is 2.86. The third kappa shape index (κ3) is 5.77. The van der Waals surface area contributed by atoms with Gasteiger partial charge >= 0.3 is 0 Å². The summed E-state index contributed by atoms with van der Waals surface area (Å²) in [5, 5.41) is 0.240. The molecule has 0 radical (unpaired) electrons. The van der Waals surface area contributed by atoms with Crippen LogP contribution in [0.25, 0.3) is 0 Å². The third-order valence-electron chi connectivity index (χ3n) is 5.84. The first kappa shape index (κ1) is 27.7. The second-order valence-electron chi connectivity index (χ2n) is 8.92. The van der Waals surface area contributed by atoms with E-state index in [0.29, 0.717) is 24.4 Å². The molecule has 0 atom stereocenters. The smallest absolute Gasteiger partial charge is 0.266 e. The number of hydrogen-bond acceptors (Lipinski definition) is 7. The molecule has 1 fully saturated rings. The zero-order valence-electron chi connectivity index (χ0n) is 22.6. The number of allylic oxidation sites excluding steroid dienone is 5. The van der Waals surface area contributed by atoms with Crippen molar-refractivity contribution >= 4 is 34.8 Å². The SMILES string of the molecule is CCN1C(=O)C(=C2C=C(/C=C/N(C)C)N(c3ccccc3OC)C(/C=C/N(C)C)=C2)C(=O)N(CC)C1=S. The van der Waals surface area contributed by atoms with Gasteiger partial charge in [-0.1, -0.05) is 12.1 Å². The van der Waals surface area contributed by atoms with E-state index in [0.717, 1.165) is 17.1 Å². The first-order valence-electron chi connectivity index (χ1n) is 12.1. The van der Waals surface area contributed by atoms with Crippen LogP contribution in [0.4, 0.5) is 5.69 Å². The van der Waals surface area contributed by atoms with Gasteiger partial charge < -0.3 is 19.4 Å². The molecule has 0 unspecified atom stereocenters. The predicted octanol–water partition coefficient (Wildman–Crippen LogP) is 3.73. The number of ether oxygens (including phenoxy) is 1. The summed E-state index contributed by atoms with van der Waals surface area (Å²) in [7, 11) is 9.37. The second-order valence-corrected chi connectivity index (χ2v) is 9.28. The van der Waals surface area contributed by atoms with Gasteiger partial charge in [0.2, 0.25) is 0 Å². The second kappa shape index (κ2) is 11.9. The van der Waals surface area contributed by atoms with Crippen LogP contribution in [0.15, 0.2) is 83.5 Å². The van der Waals surface area contributed by atoms with E-state index < -0.39 is 0 Å². The number of nitrogens with zero attached hydrogens (tertiary/aromatic N) is 5. The summed E-state index contributed by atoms with van der Waals surface area (Å²) in [6, 6.07) is 7.73. The maximum absolute atomic E-state index is 13.5. The molecule has 8 nitrogen and oxygen atoms in total. The fourth-order valence-corrected chi connectivity index (χ4v) is 4.48. The zero-order valence-corrected chi connectivity index (χ0v) is 23.4. The Morgan fingerprint density at radius 3 is 1.78 bits per heavy atom. The van der Waals surface area contributed by atoms with Crippen molar-refractivity contribution in [2.45, 2.75) is 13.8 Å². The number of amides is 2. The number of thiocarbonyl (C=S) groups is 1. The standard InChI is InChI=1S/C28H35N5O3S/c1-8-31-26(34)25(27(35)32(9-2)28(31)37)20-18-21(14-16-29(3)4)33(22(19-20)15-17-30(5)6)23-12-10-11-13-24(23)36-7/h10-19H,8-9H2,1-7H3/b16-14+,17-15+. The van der Waals surface area contributed by atoms with Crippen LogP contribution in [0.5, 0.6) is 5.75 Å². The zero-order chi connectivity index (χ0) is 27.3. The first-order valence-corrected chi connectivity index (χ1v) is 12.5. The summed E-state index contributed by atoms with van der Waals surface area (Å²) in [5.41, 5.74) is 2.98. The molecule has 1 saturated heterocycles. The molecule has 0 aliphatic carbocycles. The lowest BCUT2D eigenvalue weighted by atomic mass is 9.97. The van der Waals surface area contributed by atoms with Gasteiger partial charge in [0.1, 0.15) is 11.3 Å². The molecular formula is C28H35N5O3S. The first-order chi connectivity index (χ1) is 17.6. The van der Waals surface area contributed by atoms with Crippen LogP contribution in [0.1, 0.15) is 13.8 Å². The Morgan fingerprint density at radius 1 is 0.865 bits per heavy atom. The van der Waals surface area contributed by atoms with E-state index in [2.05, 4.69) is 0 Å². The molecule has 2 amide bonds. The molecule has 3 rings (SSSR count). The number of anilines is 1. The lowest BCUT2D eigenvalue weighted by molar-refractivity contribution is -0.133. The Bertz CT molecular complexity index is 1160. The van der Waals surface area contributed by atoms with Crippen molar-refractivity contribution in [3.63, 3.8) is 0 Å². The molecule has 0 bridgehead atoms. The number of para-hydroxylation sites is 2. The maximum atomic E-state index is 13.5. The molecular weight excluding hydrogens is 486 g/mol. The lowest BCUT2D eigenvalue weighted by Gasteiger charge is -2.37. The van der Waals surface area contributed by atoms with Gasteiger partial charge in [0.25, 0.3) is 11.8 Å². The fourth-order valence-electron chi connectivity index (χ4n) is 4.06. The quantitative estimate of drug-likeness (QED) is 0.294. The van der Waals surface area contributed by atoms with Crippen molar-refractivity contribution in [3.8, 4) is 5.75 Å². The molecule has 2 aliphatic rings. The van der Waals surface area contributed by atoms with E-state index in [4.69, 9.17) is 17.0 Å². The Morgan fingerprint density at radius 2 is 1.35 bits per heavy atom. The van der Waals surface area contributed by atoms with Crippen LogP contribution in [-0.4, -0.2) is 84.9 Å². The minimum atomic E-state index is -0.387. The highest BCUT2D eigenvalue weighted by atomic mass is 32.1. The van der Waals surface area contributed by atoms with E-state index in [1.54, 1.807) is 7.11 Å². The number of benzene rings is 1. The van der Waals surface area contributed by atoms with E-state index in [1.807, 2.05) is 118 Å². The molecule has 9 heteroatoms. The number of carbonyl (C=O) groups is 2. The normalized spacial score (nSPS) is 16.7. The van der Waals surface area contributed by atoms with Crippen LogP contribution >= 0.6 is 12.2 Å². The molecule has 1 aromatic rings. The number of rotatable bonds is 8. The van der Waals surface area contributed by atoms with Gasteiger partial charge in [0, 0.05) is 65.1 Å². The highest BCUT2D eigenvalue weighted by Crippen LogP contribution is 2.38. The van der Waals surface area contributed by atoms with Crippen LogP contribution in [0.2, 0.25) is 0 Å². The van der Waals surface area contributed by atoms with Gasteiger partial charge in [-0.3, -0.25) is 19.4 Å². The highest BCUT2D eigenvalue weighted by Gasteiger charge is 2.40. The molecule has 2 heterocycles. The van der Waals surface area contributed by atoms with Gasteiger partial charge in [0.15, 0.2) is 5.11 Å². The maximum Gasteiger partial charge on any atom is 0.266 e. The Kier molecular flexibility index (Phi) is 8.94. The van der Waals surface area contributed by atoms with Crippen LogP contribution < -0.4 is 9.64 Å². The summed E-state index contributed by atoms with van der Waals surface area (Å²) < 4.78 is 5.68. The van der Waals surface area contributed by atoms with Crippen molar-refractivity contribution in [3.05, 3.63) is 83.5 Å². The average molecular weight is 522 g/mol. The third-order valence-corrected chi connectivity index (χ3v) is 6.28. The molecule has 37 heavy (non-hydrogen) atoms. The van der Waals surface area contributed by atoms with Crippen molar-refractivity contribution in [1.29, 1.82) is 0 Å². The molecule has 196 valence electrons. The molecule has 0 saturated carbocycles. The summed E-state index contributed by atoms with van der Waals surface area (Å²) in [5.74, 6) is -0.0824. The van der Waals surface area contributed by atoms with Crippen LogP contribution in [-0.2, 0) is 9.59 Å². The van der Waals surface area contributed by atoms with E-state index >= 15 is 0 Å². The molecule has 2 aliphatic heterocycles. The molecule has 0 aromatic heterocycles. The number of likely N-dealkylation sites (N-methyl/N-ethyl adjacent to an activating group) is 2. The van der Waals surface area contributed by atoms with E-state index in [-0.39, 0.29) is 22.5 Å². The van der Waals surface area contributed by atoms with Gasteiger partial charge in [-0.2, -0.15) is 0 Å². The van der Waals surface area contributed by atoms with Gasteiger partial charge in [-0.05, 0) is 68.1 Å². The van der Waals surface area contributed by atoms with Gasteiger partial charge in [-0.25, -0.2) is 0 Å². The lowest BCUT2D eigenvalue weighted by Crippen LogP contribution is -2.56. The minimum Gasteiger partial charge on any atom is -0.495 e. The van der Waals surface area contributed by atoms with E-state index in [9.17, 15) is 9.59 Å². The summed E-state index contributed by atoms with van der Waals surface area (Å²) in [4.78, 5) is 35.9. The van der Waals surface area contributed by atoms with Gasteiger partial charge in [0.05, 0.1) is 12.8 Å². The van der Waals surface area contributed by atoms with Crippen LogP contribution in [0, 0.1) is 0 Å².